The number of benzene rings is 1. The number of carbonyl (C=O) groups is 4. The minimum absolute atomic E-state index is 0.00543. The molecule has 1 N–H and O–H groups in total. The van der Waals surface area contributed by atoms with Gasteiger partial charge in [-0.05, 0) is 25.5 Å². The number of carbonyl (C=O) groups excluding carboxylic acids is 4. The number of esters is 1. The van der Waals surface area contributed by atoms with Gasteiger partial charge in [0.1, 0.15) is 6.54 Å². The van der Waals surface area contributed by atoms with Crippen LogP contribution in [0.2, 0.25) is 0 Å². The maximum Gasteiger partial charge on any atom is 0.326 e. The molecule has 1 atom stereocenters. The van der Waals surface area contributed by atoms with Crippen molar-refractivity contribution in [2.75, 3.05) is 18.1 Å². The molecule has 1 aromatic carbocycles. The Morgan fingerprint density at radius 2 is 1.96 bits per heavy atom. The van der Waals surface area contributed by atoms with Crippen LogP contribution in [0, 0.1) is 0 Å². The number of Topliss-reactive ketones (excluding diaryl/α,β-unsaturated/α-hetero) is 1. The van der Waals surface area contributed by atoms with Crippen LogP contribution in [0.4, 0.5) is 5.69 Å². The zero-order valence-electron chi connectivity index (χ0n) is 13.7. The lowest BCUT2D eigenvalue weighted by Crippen LogP contribution is -2.38. The summed E-state index contributed by atoms with van der Waals surface area (Å²) < 4.78 is 4.89. The number of para-hydroxylation sites is 1. The van der Waals surface area contributed by atoms with Gasteiger partial charge in [-0.15, -0.1) is 0 Å². The highest BCUT2D eigenvalue weighted by Gasteiger charge is 2.36. The van der Waals surface area contributed by atoms with Crippen molar-refractivity contribution in [1.82, 2.24) is 5.32 Å². The number of hydrogen-bond acceptors (Lipinski definition) is 5. The smallest absolute Gasteiger partial charge is 0.326 e. The molecule has 0 fully saturated rings. The summed E-state index contributed by atoms with van der Waals surface area (Å²) in [7, 11) is 0. The van der Waals surface area contributed by atoms with Gasteiger partial charge < -0.3 is 10.1 Å². The molecule has 128 valence electrons. The lowest BCUT2D eigenvalue weighted by molar-refractivity contribution is -0.147. The molecule has 0 aliphatic carbocycles. The van der Waals surface area contributed by atoms with E-state index in [9.17, 15) is 19.2 Å². The third kappa shape index (κ3) is 3.98. The highest BCUT2D eigenvalue weighted by atomic mass is 16.5. The van der Waals surface area contributed by atoms with E-state index < -0.39 is 36.7 Å². The molecule has 0 spiro atoms. The van der Waals surface area contributed by atoms with Crippen molar-refractivity contribution in [3.63, 3.8) is 0 Å². The van der Waals surface area contributed by atoms with E-state index in [0.29, 0.717) is 5.69 Å². The second-order valence-corrected chi connectivity index (χ2v) is 5.66. The molecule has 1 aromatic rings. The van der Waals surface area contributed by atoms with E-state index in [1.807, 2.05) is 13.8 Å². The molecule has 1 heterocycles. The Hall–Kier alpha value is -2.70. The van der Waals surface area contributed by atoms with Gasteiger partial charge in [-0.1, -0.05) is 25.5 Å². The molecule has 0 saturated carbocycles. The van der Waals surface area contributed by atoms with Gasteiger partial charge in [0.2, 0.25) is 0 Å². The predicted octanol–water partition coefficient (Wildman–Crippen LogP) is 1.06. The zero-order valence-corrected chi connectivity index (χ0v) is 13.7. The lowest BCUT2D eigenvalue weighted by atomic mass is 10.1. The fourth-order valence-electron chi connectivity index (χ4n) is 2.55. The van der Waals surface area contributed by atoms with Crippen LogP contribution in [0.1, 0.15) is 37.0 Å². The van der Waals surface area contributed by atoms with Crippen molar-refractivity contribution in [2.45, 2.75) is 32.7 Å². The number of ketones is 1. The number of fused-ring (bicyclic) bond motifs is 1. The molecule has 2 rings (SSSR count). The Kier molecular flexibility index (Phi) is 5.68. The average Bonchev–Trinajstić information content (AvgIpc) is 2.79. The first-order valence-electron chi connectivity index (χ1n) is 7.84. The molecule has 0 radical (unpaired) electrons. The van der Waals surface area contributed by atoms with E-state index in [1.54, 1.807) is 18.2 Å². The normalized spacial score (nSPS) is 14.3. The SMILES string of the molecule is CCC[C@@H](C)NC(=O)COC(=O)CN1C(=O)C(=O)c2ccccc21. The van der Waals surface area contributed by atoms with Crippen molar-refractivity contribution in [3.05, 3.63) is 29.8 Å². The highest BCUT2D eigenvalue weighted by Crippen LogP contribution is 2.28. The van der Waals surface area contributed by atoms with Crippen molar-refractivity contribution in [1.29, 1.82) is 0 Å². The summed E-state index contributed by atoms with van der Waals surface area (Å²) in [5.41, 5.74) is 0.645. The summed E-state index contributed by atoms with van der Waals surface area (Å²) in [5.74, 6) is -2.56. The fraction of sp³-hybridized carbons (Fsp3) is 0.412. The van der Waals surface area contributed by atoms with E-state index in [-0.39, 0.29) is 11.6 Å². The summed E-state index contributed by atoms with van der Waals surface area (Å²) in [6.45, 7) is 3.06. The maximum absolute atomic E-state index is 11.9. The molecule has 1 aliphatic heterocycles. The Morgan fingerprint density at radius 3 is 2.67 bits per heavy atom. The second kappa shape index (κ2) is 7.72. The highest BCUT2D eigenvalue weighted by molar-refractivity contribution is 6.52. The van der Waals surface area contributed by atoms with Crippen LogP contribution in [-0.4, -0.2) is 42.8 Å². The van der Waals surface area contributed by atoms with Crippen LogP contribution in [0.3, 0.4) is 0 Å². The Morgan fingerprint density at radius 1 is 1.25 bits per heavy atom. The number of nitrogens with zero attached hydrogens (tertiary/aromatic N) is 1. The number of amides is 2. The third-order valence-corrected chi connectivity index (χ3v) is 3.66. The van der Waals surface area contributed by atoms with Crippen molar-refractivity contribution in [2.24, 2.45) is 0 Å². The van der Waals surface area contributed by atoms with Gasteiger partial charge in [0.15, 0.2) is 6.61 Å². The topological polar surface area (TPSA) is 92.8 Å². The number of nitrogens with one attached hydrogen (secondary N) is 1. The van der Waals surface area contributed by atoms with Crippen LogP contribution < -0.4 is 10.2 Å². The molecular formula is C17H20N2O5. The molecule has 0 aromatic heterocycles. The monoisotopic (exact) mass is 332 g/mol. The maximum atomic E-state index is 11.9. The molecule has 0 saturated heterocycles. The van der Waals surface area contributed by atoms with Gasteiger partial charge in [0.05, 0.1) is 11.3 Å². The van der Waals surface area contributed by atoms with E-state index >= 15 is 0 Å². The van der Waals surface area contributed by atoms with Gasteiger partial charge in [-0.25, -0.2) is 0 Å². The Bertz CT molecular complexity index is 671. The molecule has 2 amide bonds. The van der Waals surface area contributed by atoms with Gasteiger partial charge in [0.25, 0.3) is 17.6 Å². The van der Waals surface area contributed by atoms with Gasteiger partial charge in [-0.3, -0.25) is 24.1 Å². The minimum atomic E-state index is -0.769. The molecule has 7 nitrogen and oxygen atoms in total. The average molecular weight is 332 g/mol. The molecule has 0 bridgehead atoms. The van der Waals surface area contributed by atoms with Gasteiger partial charge in [0, 0.05) is 6.04 Å². The van der Waals surface area contributed by atoms with Crippen molar-refractivity contribution >= 4 is 29.3 Å². The zero-order chi connectivity index (χ0) is 17.7. The predicted molar refractivity (Wildman–Crippen MR) is 86.6 cm³/mol. The molecule has 24 heavy (non-hydrogen) atoms. The van der Waals surface area contributed by atoms with Crippen LogP contribution in [0.15, 0.2) is 24.3 Å². The first kappa shape index (κ1) is 17.7. The number of ether oxygens (including phenoxy) is 1. The molecule has 0 unspecified atom stereocenters. The number of rotatable bonds is 7. The van der Waals surface area contributed by atoms with Crippen molar-refractivity contribution in [3.8, 4) is 0 Å². The quantitative estimate of drug-likeness (QED) is 0.595. The number of anilines is 1. The summed E-state index contributed by atoms with van der Waals surface area (Å²) in [6, 6.07) is 6.44. The lowest BCUT2D eigenvalue weighted by Gasteiger charge is -2.16. The molecule has 1 aliphatic rings. The van der Waals surface area contributed by atoms with Crippen molar-refractivity contribution < 1.29 is 23.9 Å². The van der Waals surface area contributed by atoms with Gasteiger partial charge >= 0.3 is 5.97 Å². The summed E-state index contributed by atoms with van der Waals surface area (Å²) in [5, 5.41) is 2.71. The van der Waals surface area contributed by atoms with Gasteiger partial charge in [-0.2, -0.15) is 0 Å². The standard InChI is InChI=1S/C17H20N2O5/c1-3-6-11(2)18-14(20)10-24-15(21)9-19-13-8-5-4-7-12(13)16(22)17(19)23/h4-5,7-8,11H,3,6,9-10H2,1-2H3,(H,18,20)/t11-/m1/s1. The molecular weight excluding hydrogens is 312 g/mol. The van der Waals surface area contributed by atoms with Crippen LogP contribution in [0.5, 0.6) is 0 Å². The summed E-state index contributed by atoms with van der Waals surface area (Å²) in [4.78, 5) is 48.4. The van der Waals surface area contributed by atoms with E-state index in [1.165, 1.54) is 6.07 Å². The number of hydrogen-bond donors (Lipinski definition) is 1. The second-order valence-electron chi connectivity index (χ2n) is 5.66. The van der Waals surface area contributed by atoms with E-state index in [2.05, 4.69) is 5.32 Å². The molecule has 7 heteroatoms. The van der Waals surface area contributed by atoms with Crippen LogP contribution >= 0.6 is 0 Å². The van der Waals surface area contributed by atoms with Crippen LogP contribution in [-0.2, 0) is 19.1 Å². The van der Waals surface area contributed by atoms with E-state index in [4.69, 9.17) is 4.74 Å². The van der Waals surface area contributed by atoms with Crippen LogP contribution in [0.25, 0.3) is 0 Å². The minimum Gasteiger partial charge on any atom is -0.454 e. The third-order valence-electron chi connectivity index (χ3n) is 3.66. The first-order chi connectivity index (χ1) is 11.4. The summed E-state index contributed by atoms with van der Waals surface area (Å²) >= 11 is 0. The van der Waals surface area contributed by atoms with E-state index in [0.717, 1.165) is 17.7 Å². The largest absolute Gasteiger partial charge is 0.454 e. The summed E-state index contributed by atoms with van der Waals surface area (Å²) in [6.07, 6.45) is 1.77. The Labute approximate surface area is 140 Å². The fourth-order valence-corrected chi connectivity index (χ4v) is 2.55. The first-order valence-corrected chi connectivity index (χ1v) is 7.84. The Balaban J connectivity index is 1.88.